The number of anilines is 1. The SMILES string of the molecule is CCNC(=O)Nc1nc2cc(-c3cccnc3)cc(-c3cnc(CC)o3)n2n1. The topological polar surface area (TPSA) is 110 Å². The lowest BCUT2D eigenvalue weighted by Crippen LogP contribution is -2.28. The monoisotopic (exact) mass is 377 g/mol. The second-order valence-electron chi connectivity index (χ2n) is 6.03. The molecule has 28 heavy (non-hydrogen) atoms. The van der Waals surface area contributed by atoms with Crippen LogP contribution >= 0.6 is 0 Å². The van der Waals surface area contributed by atoms with Crippen LogP contribution in [-0.2, 0) is 6.42 Å². The van der Waals surface area contributed by atoms with E-state index in [4.69, 9.17) is 4.42 Å². The molecule has 2 amide bonds. The number of nitrogens with zero attached hydrogens (tertiary/aromatic N) is 5. The number of fused-ring (bicyclic) bond motifs is 1. The molecule has 0 atom stereocenters. The number of rotatable bonds is 5. The van der Waals surface area contributed by atoms with Gasteiger partial charge in [-0.2, -0.15) is 4.98 Å². The average molecular weight is 377 g/mol. The molecule has 142 valence electrons. The first-order valence-corrected chi connectivity index (χ1v) is 8.99. The summed E-state index contributed by atoms with van der Waals surface area (Å²) >= 11 is 0. The Hall–Kier alpha value is -3.75. The van der Waals surface area contributed by atoms with Crippen LogP contribution in [0.5, 0.6) is 0 Å². The molecule has 0 aliphatic heterocycles. The van der Waals surface area contributed by atoms with Crippen molar-refractivity contribution in [3.63, 3.8) is 0 Å². The summed E-state index contributed by atoms with van der Waals surface area (Å²) in [5.74, 6) is 1.41. The lowest BCUT2D eigenvalue weighted by atomic mass is 10.1. The number of oxazole rings is 1. The van der Waals surface area contributed by atoms with Crippen molar-refractivity contribution in [1.82, 2.24) is 29.9 Å². The van der Waals surface area contributed by atoms with E-state index in [0.29, 0.717) is 36.0 Å². The molecule has 0 saturated carbocycles. The van der Waals surface area contributed by atoms with Crippen LogP contribution in [0.1, 0.15) is 19.7 Å². The van der Waals surface area contributed by atoms with Crippen LogP contribution in [0, 0.1) is 0 Å². The molecule has 0 aliphatic carbocycles. The van der Waals surface area contributed by atoms with Crippen LogP contribution in [0.15, 0.2) is 47.3 Å². The molecular weight excluding hydrogens is 358 g/mol. The van der Waals surface area contributed by atoms with Crippen LogP contribution in [0.3, 0.4) is 0 Å². The van der Waals surface area contributed by atoms with Crippen LogP contribution in [0.2, 0.25) is 0 Å². The van der Waals surface area contributed by atoms with Crippen molar-refractivity contribution >= 4 is 17.6 Å². The summed E-state index contributed by atoms with van der Waals surface area (Å²) in [6.07, 6.45) is 5.85. The molecule has 4 aromatic rings. The average Bonchev–Trinajstić information content (AvgIpc) is 3.34. The second kappa shape index (κ2) is 7.47. The maximum atomic E-state index is 11.8. The highest BCUT2D eigenvalue weighted by Crippen LogP contribution is 2.28. The third-order valence-electron chi connectivity index (χ3n) is 4.10. The van der Waals surface area contributed by atoms with Crippen molar-refractivity contribution in [1.29, 1.82) is 0 Å². The van der Waals surface area contributed by atoms with Crippen molar-refractivity contribution in [2.75, 3.05) is 11.9 Å². The Labute approximate surface area is 160 Å². The number of pyridine rings is 2. The highest BCUT2D eigenvalue weighted by atomic mass is 16.4. The van der Waals surface area contributed by atoms with Gasteiger partial charge in [0.05, 0.1) is 6.20 Å². The molecule has 4 aromatic heterocycles. The lowest BCUT2D eigenvalue weighted by Gasteiger charge is -2.06. The quantitative estimate of drug-likeness (QED) is 0.553. The number of carbonyl (C=O) groups is 1. The molecule has 0 fully saturated rings. The molecular formula is C19H19N7O2. The molecule has 4 heterocycles. The molecule has 0 saturated heterocycles. The third-order valence-corrected chi connectivity index (χ3v) is 4.10. The fourth-order valence-electron chi connectivity index (χ4n) is 2.81. The molecule has 0 spiro atoms. The smallest absolute Gasteiger partial charge is 0.321 e. The number of amides is 2. The minimum atomic E-state index is -0.361. The first-order chi connectivity index (χ1) is 13.7. The van der Waals surface area contributed by atoms with Gasteiger partial charge in [-0.25, -0.2) is 14.3 Å². The number of nitrogens with one attached hydrogen (secondary N) is 2. The van der Waals surface area contributed by atoms with Gasteiger partial charge in [0.25, 0.3) is 5.95 Å². The summed E-state index contributed by atoms with van der Waals surface area (Å²) in [6.45, 7) is 4.32. The van der Waals surface area contributed by atoms with Gasteiger partial charge in [0, 0.05) is 30.9 Å². The standard InChI is InChI=1S/C19H19N7O2/c1-3-17-22-11-15(28-17)14-8-13(12-6-5-7-20-10-12)9-16-23-18(25-26(14)16)24-19(27)21-4-2/h5-11H,3-4H2,1-2H3,(H2,21,24,25,27). The minimum Gasteiger partial charge on any atom is -0.439 e. The summed E-state index contributed by atoms with van der Waals surface area (Å²) in [5.41, 5.74) is 3.09. The van der Waals surface area contributed by atoms with E-state index >= 15 is 0 Å². The number of aryl methyl sites for hydroxylation is 1. The van der Waals surface area contributed by atoms with Crippen molar-refractivity contribution < 1.29 is 9.21 Å². The van der Waals surface area contributed by atoms with Crippen molar-refractivity contribution in [3.05, 3.63) is 48.7 Å². The summed E-state index contributed by atoms with van der Waals surface area (Å²) in [7, 11) is 0. The number of urea groups is 1. The zero-order valence-corrected chi connectivity index (χ0v) is 15.5. The second-order valence-corrected chi connectivity index (χ2v) is 6.03. The maximum Gasteiger partial charge on any atom is 0.321 e. The number of aromatic nitrogens is 5. The molecule has 0 aromatic carbocycles. The highest BCUT2D eigenvalue weighted by molar-refractivity contribution is 5.87. The Balaban J connectivity index is 1.85. The molecule has 9 heteroatoms. The van der Waals surface area contributed by atoms with Gasteiger partial charge >= 0.3 is 6.03 Å². The van der Waals surface area contributed by atoms with E-state index in [9.17, 15) is 4.79 Å². The Morgan fingerprint density at radius 1 is 1.21 bits per heavy atom. The zero-order chi connectivity index (χ0) is 19.5. The van der Waals surface area contributed by atoms with Gasteiger partial charge < -0.3 is 9.73 Å². The molecule has 0 aliphatic rings. The Kier molecular flexibility index (Phi) is 4.71. The predicted molar refractivity (Wildman–Crippen MR) is 104 cm³/mol. The van der Waals surface area contributed by atoms with Gasteiger partial charge in [0.1, 0.15) is 5.69 Å². The zero-order valence-electron chi connectivity index (χ0n) is 15.5. The van der Waals surface area contributed by atoms with Crippen LogP contribution in [0.4, 0.5) is 10.7 Å². The number of hydrogen-bond donors (Lipinski definition) is 2. The van der Waals surface area contributed by atoms with Crippen LogP contribution in [-0.4, -0.2) is 37.1 Å². The summed E-state index contributed by atoms with van der Waals surface area (Å²) in [5, 5.41) is 9.70. The van der Waals surface area contributed by atoms with E-state index in [-0.39, 0.29) is 12.0 Å². The fourth-order valence-corrected chi connectivity index (χ4v) is 2.81. The fraction of sp³-hybridized carbons (Fsp3) is 0.211. The van der Waals surface area contributed by atoms with Crippen molar-refractivity contribution in [2.45, 2.75) is 20.3 Å². The minimum absolute atomic E-state index is 0.200. The first kappa shape index (κ1) is 17.7. The molecule has 0 radical (unpaired) electrons. The van der Waals surface area contributed by atoms with Gasteiger partial charge in [0.15, 0.2) is 17.3 Å². The first-order valence-electron chi connectivity index (χ1n) is 8.99. The van der Waals surface area contributed by atoms with Crippen LogP contribution < -0.4 is 10.6 Å². The molecule has 4 rings (SSSR count). The van der Waals surface area contributed by atoms with Gasteiger partial charge in [-0.15, -0.1) is 5.10 Å². The maximum absolute atomic E-state index is 11.8. The molecule has 0 bridgehead atoms. The van der Waals surface area contributed by atoms with E-state index in [2.05, 4.69) is 30.7 Å². The van der Waals surface area contributed by atoms with E-state index in [0.717, 1.165) is 11.1 Å². The van der Waals surface area contributed by atoms with E-state index in [1.165, 1.54) is 0 Å². The summed E-state index contributed by atoms with van der Waals surface area (Å²) in [4.78, 5) is 24.7. The Morgan fingerprint density at radius 2 is 2.11 bits per heavy atom. The van der Waals surface area contributed by atoms with Gasteiger partial charge in [-0.05, 0) is 30.7 Å². The van der Waals surface area contributed by atoms with Crippen LogP contribution in [0.25, 0.3) is 28.2 Å². The molecule has 2 N–H and O–H groups in total. The van der Waals surface area contributed by atoms with E-state index in [1.54, 1.807) is 23.1 Å². The van der Waals surface area contributed by atoms with Gasteiger partial charge in [-0.1, -0.05) is 13.0 Å². The molecule has 9 nitrogen and oxygen atoms in total. The lowest BCUT2D eigenvalue weighted by molar-refractivity contribution is 0.252. The normalized spacial score (nSPS) is 10.9. The van der Waals surface area contributed by atoms with E-state index in [1.807, 2.05) is 38.1 Å². The largest absolute Gasteiger partial charge is 0.439 e. The summed E-state index contributed by atoms with van der Waals surface area (Å²) < 4.78 is 7.46. The van der Waals surface area contributed by atoms with Crippen molar-refractivity contribution in [2.24, 2.45) is 0 Å². The van der Waals surface area contributed by atoms with Gasteiger partial charge in [-0.3, -0.25) is 10.3 Å². The molecule has 0 unspecified atom stereocenters. The predicted octanol–water partition coefficient (Wildman–Crippen LogP) is 3.15. The van der Waals surface area contributed by atoms with E-state index < -0.39 is 0 Å². The Morgan fingerprint density at radius 3 is 2.82 bits per heavy atom. The van der Waals surface area contributed by atoms with Crippen molar-refractivity contribution in [3.8, 4) is 22.6 Å². The van der Waals surface area contributed by atoms with Gasteiger partial charge in [0.2, 0.25) is 0 Å². The highest BCUT2D eigenvalue weighted by Gasteiger charge is 2.16. The Bertz CT molecular complexity index is 1120. The number of hydrogen-bond acceptors (Lipinski definition) is 6. The number of carbonyl (C=O) groups excluding carboxylic acids is 1. The summed E-state index contributed by atoms with van der Waals surface area (Å²) in [6, 6.07) is 7.29. The third kappa shape index (κ3) is 3.41.